The van der Waals surface area contributed by atoms with Crippen LogP contribution in [0.2, 0.25) is 0 Å². The molecule has 0 aliphatic rings. The van der Waals surface area contributed by atoms with Gasteiger partial charge < -0.3 is 0 Å². The summed E-state index contributed by atoms with van der Waals surface area (Å²) in [6, 6.07) is 18.7. The standard InChI is InChI=1S/C16H13N3O/c20-16-10-9-15(13-6-2-1-3-7-13)18-19(16)12-14-8-4-5-11-17-14/h1-11H,12H2. The predicted molar refractivity (Wildman–Crippen MR) is 77.3 cm³/mol. The van der Waals surface area contributed by atoms with Gasteiger partial charge in [0, 0.05) is 17.8 Å². The fraction of sp³-hybridized carbons (Fsp3) is 0.0625. The van der Waals surface area contributed by atoms with Gasteiger partial charge >= 0.3 is 0 Å². The second-order valence-corrected chi connectivity index (χ2v) is 4.40. The van der Waals surface area contributed by atoms with Gasteiger partial charge in [0.15, 0.2) is 0 Å². The van der Waals surface area contributed by atoms with E-state index in [2.05, 4.69) is 10.1 Å². The van der Waals surface area contributed by atoms with Gasteiger partial charge in [0.05, 0.1) is 17.9 Å². The first-order chi connectivity index (χ1) is 9.83. The molecule has 0 N–H and O–H groups in total. The maximum absolute atomic E-state index is 11.9. The molecule has 2 heterocycles. The Labute approximate surface area is 116 Å². The van der Waals surface area contributed by atoms with Crippen molar-refractivity contribution in [1.82, 2.24) is 14.8 Å². The summed E-state index contributed by atoms with van der Waals surface area (Å²) in [5.74, 6) is 0. The van der Waals surface area contributed by atoms with E-state index >= 15 is 0 Å². The van der Waals surface area contributed by atoms with Crippen LogP contribution in [0.1, 0.15) is 5.69 Å². The summed E-state index contributed by atoms with van der Waals surface area (Å²) >= 11 is 0. The highest BCUT2D eigenvalue weighted by molar-refractivity contribution is 5.57. The van der Waals surface area contributed by atoms with E-state index in [1.807, 2.05) is 48.5 Å². The van der Waals surface area contributed by atoms with Crippen molar-refractivity contribution in [2.75, 3.05) is 0 Å². The molecule has 0 saturated carbocycles. The minimum Gasteiger partial charge on any atom is -0.268 e. The molecule has 0 radical (unpaired) electrons. The molecule has 4 heteroatoms. The van der Waals surface area contributed by atoms with Gasteiger partial charge in [-0.1, -0.05) is 36.4 Å². The van der Waals surface area contributed by atoms with Crippen molar-refractivity contribution in [1.29, 1.82) is 0 Å². The number of hydrogen-bond donors (Lipinski definition) is 0. The largest absolute Gasteiger partial charge is 0.268 e. The van der Waals surface area contributed by atoms with Crippen molar-refractivity contribution in [3.63, 3.8) is 0 Å². The van der Waals surface area contributed by atoms with Gasteiger partial charge in [0.2, 0.25) is 0 Å². The van der Waals surface area contributed by atoms with E-state index in [-0.39, 0.29) is 5.56 Å². The lowest BCUT2D eigenvalue weighted by Crippen LogP contribution is -2.23. The van der Waals surface area contributed by atoms with Crippen molar-refractivity contribution < 1.29 is 0 Å². The Hall–Kier alpha value is -2.75. The molecule has 0 atom stereocenters. The van der Waals surface area contributed by atoms with E-state index in [4.69, 9.17) is 0 Å². The van der Waals surface area contributed by atoms with E-state index in [0.29, 0.717) is 6.54 Å². The molecule has 0 fully saturated rings. The lowest BCUT2D eigenvalue weighted by atomic mass is 10.1. The van der Waals surface area contributed by atoms with Crippen LogP contribution in [0, 0.1) is 0 Å². The van der Waals surface area contributed by atoms with Crippen molar-refractivity contribution in [3.8, 4) is 11.3 Å². The first kappa shape index (κ1) is 12.3. The molecule has 0 aliphatic carbocycles. The number of pyridine rings is 1. The Balaban J connectivity index is 1.98. The SMILES string of the molecule is O=c1ccc(-c2ccccc2)nn1Cc1ccccn1. The molecule has 0 bridgehead atoms. The molecule has 98 valence electrons. The number of benzene rings is 1. The molecule has 2 aromatic heterocycles. The normalized spacial score (nSPS) is 10.4. The Morgan fingerprint density at radius 2 is 1.70 bits per heavy atom. The van der Waals surface area contributed by atoms with Gasteiger partial charge in [-0.2, -0.15) is 5.10 Å². The van der Waals surface area contributed by atoms with Crippen LogP contribution < -0.4 is 5.56 Å². The summed E-state index contributed by atoms with van der Waals surface area (Å²) in [7, 11) is 0. The van der Waals surface area contributed by atoms with E-state index < -0.39 is 0 Å². The van der Waals surface area contributed by atoms with Gasteiger partial charge in [0.1, 0.15) is 0 Å². The van der Waals surface area contributed by atoms with Crippen LogP contribution in [0.15, 0.2) is 71.7 Å². The lowest BCUT2D eigenvalue weighted by Gasteiger charge is -2.06. The molecule has 0 amide bonds. The molecule has 3 rings (SSSR count). The molecule has 0 aliphatic heterocycles. The molecule has 0 saturated heterocycles. The summed E-state index contributed by atoms with van der Waals surface area (Å²) in [4.78, 5) is 16.1. The van der Waals surface area contributed by atoms with Crippen LogP contribution in [-0.4, -0.2) is 14.8 Å². The van der Waals surface area contributed by atoms with Gasteiger partial charge in [-0.15, -0.1) is 0 Å². The average molecular weight is 263 g/mol. The highest BCUT2D eigenvalue weighted by Gasteiger charge is 2.04. The van der Waals surface area contributed by atoms with Crippen LogP contribution in [0.25, 0.3) is 11.3 Å². The summed E-state index contributed by atoms with van der Waals surface area (Å²) in [5, 5.41) is 4.40. The second kappa shape index (κ2) is 5.48. The first-order valence-corrected chi connectivity index (χ1v) is 6.36. The monoisotopic (exact) mass is 263 g/mol. The third kappa shape index (κ3) is 2.64. The van der Waals surface area contributed by atoms with Gasteiger partial charge in [-0.05, 0) is 18.2 Å². The van der Waals surface area contributed by atoms with Crippen LogP contribution in [0.4, 0.5) is 0 Å². The Morgan fingerprint density at radius 3 is 2.45 bits per heavy atom. The Kier molecular flexibility index (Phi) is 3.37. The van der Waals surface area contributed by atoms with Gasteiger partial charge in [-0.25, -0.2) is 4.68 Å². The zero-order chi connectivity index (χ0) is 13.8. The predicted octanol–water partition coefficient (Wildman–Crippen LogP) is 2.35. The molecule has 0 spiro atoms. The number of aromatic nitrogens is 3. The molecule has 3 aromatic rings. The minimum absolute atomic E-state index is 0.129. The number of nitrogens with zero attached hydrogens (tertiary/aromatic N) is 3. The van der Waals surface area contributed by atoms with Crippen LogP contribution in [0.3, 0.4) is 0 Å². The van der Waals surface area contributed by atoms with Crippen molar-refractivity contribution >= 4 is 0 Å². The highest BCUT2D eigenvalue weighted by Crippen LogP contribution is 2.14. The summed E-state index contributed by atoms with van der Waals surface area (Å²) in [6.45, 7) is 0.375. The highest BCUT2D eigenvalue weighted by atomic mass is 16.1. The molecular formula is C16H13N3O. The average Bonchev–Trinajstić information content (AvgIpc) is 2.51. The van der Waals surface area contributed by atoms with E-state index in [0.717, 1.165) is 17.0 Å². The van der Waals surface area contributed by atoms with Crippen LogP contribution in [0.5, 0.6) is 0 Å². The fourth-order valence-corrected chi connectivity index (χ4v) is 1.97. The summed E-state index contributed by atoms with van der Waals surface area (Å²) < 4.78 is 1.44. The Bertz CT molecular complexity index is 751. The van der Waals surface area contributed by atoms with E-state index in [1.54, 1.807) is 12.3 Å². The van der Waals surface area contributed by atoms with Crippen molar-refractivity contribution in [2.45, 2.75) is 6.54 Å². The third-order valence-electron chi connectivity index (χ3n) is 2.97. The summed E-state index contributed by atoms with van der Waals surface area (Å²) in [5.41, 5.74) is 2.45. The van der Waals surface area contributed by atoms with Gasteiger partial charge in [-0.3, -0.25) is 9.78 Å². The fourth-order valence-electron chi connectivity index (χ4n) is 1.97. The number of hydrogen-bond acceptors (Lipinski definition) is 3. The zero-order valence-electron chi connectivity index (χ0n) is 10.8. The molecule has 1 aromatic carbocycles. The van der Waals surface area contributed by atoms with Crippen molar-refractivity contribution in [3.05, 3.63) is 82.9 Å². The van der Waals surface area contributed by atoms with Gasteiger partial charge in [0.25, 0.3) is 5.56 Å². The van der Waals surface area contributed by atoms with E-state index in [1.165, 1.54) is 10.7 Å². The van der Waals surface area contributed by atoms with Crippen LogP contribution >= 0.6 is 0 Å². The Morgan fingerprint density at radius 1 is 0.900 bits per heavy atom. The second-order valence-electron chi connectivity index (χ2n) is 4.40. The minimum atomic E-state index is -0.129. The molecular weight excluding hydrogens is 250 g/mol. The lowest BCUT2D eigenvalue weighted by molar-refractivity contribution is 0.631. The third-order valence-corrected chi connectivity index (χ3v) is 2.97. The zero-order valence-corrected chi connectivity index (χ0v) is 10.8. The smallest absolute Gasteiger partial charge is 0.267 e. The van der Waals surface area contributed by atoms with Crippen molar-refractivity contribution in [2.24, 2.45) is 0 Å². The maximum atomic E-state index is 11.9. The topological polar surface area (TPSA) is 47.8 Å². The van der Waals surface area contributed by atoms with E-state index in [9.17, 15) is 4.79 Å². The van der Waals surface area contributed by atoms with Crippen LogP contribution in [-0.2, 0) is 6.54 Å². The quantitative estimate of drug-likeness (QED) is 0.728. The summed E-state index contributed by atoms with van der Waals surface area (Å²) in [6.07, 6.45) is 1.71. The maximum Gasteiger partial charge on any atom is 0.267 e. The molecule has 4 nitrogen and oxygen atoms in total. The molecule has 0 unspecified atom stereocenters. The first-order valence-electron chi connectivity index (χ1n) is 6.36. The molecule has 20 heavy (non-hydrogen) atoms. The number of rotatable bonds is 3.